The number of amides is 2. The third kappa shape index (κ3) is 4.86. The molecular formula is C24H21F6N5O3. The van der Waals surface area contributed by atoms with Crippen molar-refractivity contribution in [3.8, 4) is 5.75 Å². The van der Waals surface area contributed by atoms with E-state index in [1.807, 2.05) is 0 Å². The predicted octanol–water partition coefficient (Wildman–Crippen LogP) is 4.33. The number of hydrogen-bond donors (Lipinski definition) is 2. The predicted molar refractivity (Wildman–Crippen MR) is 121 cm³/mol. The number of H-pyrrole nitrogens is 1. The van der Waals surface area contributed by atoms with Crippen LogP contribution in [0.5, 0.6) is 5.75 Å². The first kappa shape index (κ1) is 25.8. The number of carbonyl (C=O) groups is 2. The number of aromatic nitrogens is 3. The molecule has 3 heterocycles. The molecule has 202 valence electrons. The number of nitrogens with zero attached hydrogens (tertiary/aromatic N) is 3. The second-order valence-corrected chi connectivity index (χ2v) is 9.49. The van der Waals surface area contributed by atoms with Gasteiger partial charge in [-0.1, -0.05) is 6.07 Å². The zero-order chi connectivity index (χ0) is 27.3. The van der Waals surface area contributed by atoms with E-state index in [1.165, 1.54) is 11.1 Å². The van der Waals surface area contributed by atoms with Crippen LogP contribution in [0.3, 0.4) is 0 Å². The van der Waals surface area contributed by atoms with E-state index in [4.69, 9.17) is 0 Å². The van der Waals surface area contributed by atoms with Crippen LogP contribution in [0.2, 0.25) is 0 Å². The number of fused-ring (bicyclic) bond motifs is 1. The van der Waals surface area contributed by atoms with E-state index in [9.17, 15) is 35.9 Å². The molecule has 1 saturated carbocycles. The highest BCUT2D eigenvalue weighted by atomic mass is 19.4. The van der Waals surface area contributed by atoms with E-state index in [0.29, 0.717) is 17.5 Å². The minimum Gasteiger partial charge on any atom is -0.481 e. The number of rotatable bonds is 6. The lowest BCUT2D eigenvalue weighted by Crippen LogP contribution is -2.60. The summed E-state index contributed by atoms with van der Waals surface area (Å²) in [6.07, 6.45) is -4.38. The van der Waals surface area contributed by atoms with Gasteiger partial charge in [0.05, 0.1) is 17.1 Å². The molecule has 1 aliphatic heterocycles. The van der Waals surface area contributed by atoms with Crippen LogP contribution < -0.4 is 10.1 Å². The number of halogens is 6. The Bertz CT molecular complexity index is 1380. The average Bonchev–Trinajstić information content (AvgIpc) is 3.49. The number of aromatic amines is 1. The van der Waals surface area contributed by atoms with Crippen molar-refractivity contribution in [3.05, 3.63) is 47.9 Å². The molecule has 2 amide bonds. The van der Waals surface area contributed by atoms with Crippen LogP contribution in [0.4, 0.5) is 32.2 Å². The number of pyridine rings is 1. The maximum atomic E-state index is 14.6. The monoisotopic (exact) mass is 541 g/mol. The minimum atomic E-state index is -4.70. The molecule has 0 unspecified atom stereocenters. The molecule has 0 spiro atoms. The number of ether oxygens (including phenoxy) is 1. The molecule has 1 aliphatic carbocycles. The number of carbonyl (C=O) groups excluding carboxylic acids is 2. The smallest absolute Gasteiger partial charge is 0.422 e. The summed E-state index contributed by atoms with van der Waals surface area (Å²) in [4.78, 5) is 32.2. The van der Waals surface area contributed by atoms with Gasteiger partial charge in [-0.25, -0.2) is 18.2 Å². The molecule has 5 rings (SSSR count). The summed E-state index contributed by atoms with van der Waals surface area (Å²) >= 11 is 0. The SMILES string of the molecule is O=C(Nc1ccc2[nH]ncc2n1)[C@H]1CCCN1C(=O)C1(c2ccc(OCC(F)(F)F)c(F)c2)CC(F)(F)C1. The Morgan fingerprint density at radius 1 is 1.18 bits per heavy atom. The summed E-state index contributed by atoms with van der Waals surface area (Å²) in [5.41, 5.74) is -0.814. The maximum Gasteiger partial charge on any atom is 0.422 e. The van der Waals surface area contributed by atoms with Crippen LogP contribution in [0.25, 0.3) is 11.0 Å². The summed E-state index contributed by atoms with van der Waals surface area (Å²) in [7, 11) is 0. The van der Waals surface area contributed by atoms with Crippen molar-refractivity contribution in [1.82, 2.24) is 20.1 Å². The quantitative estimate of drug-likeness (QED) is 0.453. The first-order valence-electron chi connectivity index (χ1n) is 11.7. The number of alkyl halides is 5. The molecule has 14 heteroatoms. The van der Waals surface area contributed by atoms with Crippen molar-refractivity contribution in [3.63, 3.8) is 0 Å². The van der Waals surface area contributed by atoms with Gasteiger partial charge in [-0.15, -0.1) is 0 Å². The van der Waals surface area contributed by atoms with Crippen LogP contribution in [0.1, 0.15) is 31.2 Å². The van der Waals surface area contributed by atoms with Gasteiger partial charge in [0, 0.05) is 19.4 Å². The fraction of sp³-hybridized carbons (Fsp3) is 0.417. The third-order valence-corrected chi connectivity index (χ3v) is 6.77. The average molecular weight is 541 g/mol. The van der Waals surface area contributed by atoms with Crippen molar-refractivity contribution >= 4 is 28.7 Å². The molecule has 2 fully saturated rings. The van der Waals surface area contributed by atoms with E-state index < -0.39 is 66.4 Å². The van der Waals surface area contributed by atoms with Gasteiger partial charge in [0.1, 0.15) is 17.4 Å². The van der Waals surface area contributed by atoms with Crippen molar-refractivity contribution in [1.29, 1.82) is 0 Å². The van der Waals surface area contributed by atoms with Crippen molar-refractivity contribution < 1.29 is 40.7 Å². The lowest BCUT2D eigenvalue weighted by atomic mass is 9.61. The fourth-order valence-corrected chi connectivity index (χ4v) is 5.05. The molecule has 0 bridgehead atoms. The number of benzene rings is 1. The molecule has 38 heavy (non-hydrogen) atoms. The first-order valence-corrected chi connectivity index (χ1v) is 11.7. The Kier molecular flexibility index (Phi) is 6.22. The van der Waals surface area contributed by atoms with Gasteiger partial charge in [-0.05, 0) is 42.7 Å². The Balaban J connectivity index is 1.37. The van der Waals surface area contributed by atoms with Crippen LogP contribution >= 0.6 is 0 Å². The molecular weight excluding hydrogens is 520 g/mol. The molecule has 8 nitrogen and oxygen atoms in total. The Morgan fingerprint density at radius 3 is 2.63 bits per heavy atom. The molecule has 2 aromatic heterocycles. The third-order valence-electron chi connectivity index (χ3n) is 6.77. The Morgan fingerprint density at radius 2 is 1.95 bits per heavy atom. The van der Waals surface area contributed by atoms with Crippen LogP contribution in [-0.4, -0.2) is 63.2 Å². The van der Waals surface area contributed by atoms with Crippen LogP contribution in [0.15, 0.2) is 36.5 Å². The highest BCUT2D eigenvalue weighted by molar-refractivity contribution is 5.99. The molecule has 2 N–H and O–H groups in total. The highest BCUT2D eigenvalue weighted by Crippen LogP contribution is 2.55. The summed E-state index contributed by atoms with van der Waals surface area (Å²) in [5, 5.41) is 9.21. The molecule has 0 radical (unpaired) electrons. The van der Waals surface area contributed by atoms with Gasteiger partial charge in [0.15, 0.2) is 18.2 Å². The second-order valence-electron chi connectivity index (χ2n) is 9.49. The lowest BCUT2D eigenvalue weighted by molar-refractivity contribution is -0.169. The molecule has 3 aromatic rings. The van der Waals surface area contributed by atoms with Crippen molar-refractivity contribution in [2.75, 3.05) is 18.5 Å². The zero-order valence-corrected chi connectivity index (χ0v) is 19.6. The minimum absolute atomic E-state index is 0.119. The Labute approximate surface area is 211 Å². The standard InChI is InChI=1S/C24H21F6N5O3/c25-14-8-13(3-5-18(14)38-12-24(28,29)30)22(10-23(26,27)11-22)21(37)35-7-1-2-17(35)20(36)33-19-6-4-15-16(32-19)9-31-34-15/h3-6,8-9,17H,1-2,7,10-12H2,(H,31,34)(H,32,33,36)/t17-/m1/s1. The molecule has 1 aromatic carbocycles. The topological polar surface area (TPSA) is 100 Å². The van der Waals surface area contributed by atoms with Crippen LogP contribution in [0, 0.1) is 5.82 Å². The molecule has 1 atom stereocenters. The van der Waals surface area contributed by atoms with Gasteiger partial charge < -0.3 is 15.0 Å². The largest absolute Gasteiger partial charge is 0.481 e. The van der Waals surface area contributed by atoms with Gasteiger partial charge in [-0.2, -0.15) is 18.3 Å². The molecule has 1 saturated heterocycles. The normalized spacial score (nSPS) is 20.3. The summed E-state index contributed by atoms with van der Waals surface area (Å²) in [6.45, 7) is -1.62. The highest BCUT2D eigenvalue weighted by Gasteiger charge is 2.63. The first-order chi connectivity index (χ1) is 17.9. The zero-order valence-electron chi connectivity index (χ0n) is 19.6. The second kappa shape index (κ2) is 9.17. The van der Waals surface area contributed by atoms with Crippen molar-refractivity contribution in [2.24, 2.45) is 0 Å². The van der Waals surface area contributed by atoms with Crippen molar-refractivity contribution in [2.45, 2.75) is 49.2 Å². The van der Waals surface area contributed by atoms with E-state index >= 15 is 0 Å². The van der Waals surface area contributed by atoms with Gasteiger partial charge in [0.2, 0.25) is 11.8 Å². The van der Waals surface area contributed by atoms with Gasteiger partial charge in [0.25, 0.3) is 5.92 Å². The van der Waals surface area contributed by atoms with E-state index in [2.05, 4.69) is 25.2 Å². The van der Waals surface area contributed by atoms with E-state index in [-0.39, 0.29) is 24.3 Å². The van der Waals surface area contributed by atoms with E-state index in [0.717, 1.165) is 18.2 Å². The Hall–Kier alpha value is -3.84. The maximum absolute atomic E-state index is 14.6. The summed E-state index contributed by atoms with van der Waals surface area (Å²) in [5.74, 6) is -6.27. The van der Waals surface area contributed by atoms with Gasteiger partial charge in [-0.3, -0.25) is 14.7 Å². The summed E-state index contributed by atoms with van der Waals surface area (Å²) in [6, 6.07) is 4.96. The summed E-state index contributed by atoms with van der Waals surface area (Å²) < 4.78 is 84.6. The van der Waals surface area contributed by atoms with Crippen LogP contribution in [-0.2, 0) is 15.0 Å². The fourth-order valence-electron chi connectivity index (χ4n) is 5.05. The van der Waals surface area contributed by atoms with E-state index in [1.54, 1.807) is 12.1 Å². The molecule has 2 aliphatic rings. The number of nitrogens with one attached hydrogen (secondary N) is 2. The lowest BCUT2D eigenvalue weighted by Gasteiger charge is -2.48. The number of anilines is 1. The number of hydrogen-bond acceptors (Lipinski definition) is 5. The van der Waals surface area contributed by atoms with Gasteiger partial charge >= 0.3 is 6.18 Å². The number of likely N-dealkylation sites (tertiary alicyclic amines) is 1.